The van der Waals surface area contributed by atoms with Crippen LogP contribution in [-0.2, 0) is 16.0 Å². The van der Waals surface area contributed by atoms with E-state index in [4.69, 9.17) is 16.7 Å². The van der Waals surface area contributed by atoms with Crippen LogP contribution in [0.4, 0.5) is 4.39 Å². The molecule has 0 aliphatic carbocycles. The highest BCUT2D eigenvalue weighted by Gasteiger charge is 2.20. The van der Waals surface area contributed by atoms with Gasteiger partial charge in [-0.3, -0.25) is 19.6 Å². The van der Waals surface area contributed by atoms with Crippen molar-refractivity contribution in [3.8, 4) is 11.8 Å². The Labute approximate surface area is 184 Å². The van der Waals surface area contributed by atoms with E-state index < -0.39 is 23.7 Å². The zero-order valence-corrected chi connectivity index (χ0v) is 17.2. The second kappa shape index (κ2) is 12.2. The Kier molecular flexibility index (Phi) is 9.31. The van der Waals surface area contributed by atoms with Gasteiger partial charge >= 0.3 is 0 Å². The Hall–Kier alpha value is -3.78. The number of carbonyl (C=O) groups excluding carboxylic acids is 3. The van der Waals surface area contributed by atoms with Gasteiger partial charge in [-0.25, -0.2) is 9.87 Å². The van der Waals surface area contributed by atoms with Crippen LogP contribution in [-0.4, -0.2) is 48.6 Å². The minimum absolute atomic E-state index is 0.0329. The molecule has 2 aromatic rings. The average molecular weight is 441 g/mol. The normalized spacial score (nSPS) is 11.0. The minimum Gasteiger partial charge on any atom is -0.355 e. The van der Waals surface area contributed by atoms with Crippen molar-refractivity contribution >= 4 is 17.7 Å². The Balaban J connectivity index is 2.05. The molecule has 9 nitrogen and oxygen atoms in total. The highest BCUT2D eigenvalue weighted by Crippen LogP contribution is 2.11. The van der Waals surface area contributed by atoms with Crippen LogP contribution in [0.1, 0.15) is 27.0 Å². The predicted octanol–water partition coefficient (Wildman–Crippen LogP) is -0.595. The predicted molar refractivity (Wildman–Crippen MR) is 115 cm³/mol. The van der Waals surface area contributed by atoms with Gasteiger partial charge in [0.05, 0.1) is 12.0 Å². The monoisotopic (exact) mass is 441 g/mol. The molecule has 3 amide bonds. The van der Waals surface area contributed by atoms with E-state index >= 15 is 0 Å². The summed E-state index contributed by atoms with van der Waals surface area (Å²) < 4.78 is 14.4. The number of amides is 3. The molecule has 32 heavy (non-hydrogen) atoms. The molecule has 0 aliphatic rings. The largest absolute Gasteiger partial charge is 0.355 e. The first-order valence-corrected chi connectivity index (χ1v) is 9.70. The molecule has 8 N–H and O–H groups in total. The van der Waals surface area contributed by atoms with Crippen molar-refractivity contribution in [2.24, 2.45) is 11.5 Å². The van der Waals surface area contributed by atoms with Crippen molar-refractivity contribution in [2.75, 3.05) is 19.6 Å². The van der Waals surface area contributed by atoms with Gasteiger partial charge < -0.3 is 22.1 Å². The molecule has 0 aliphatic heterocycles. The van der Waals surface area contributed by atoms with E-state index in [0.717, 1.165) is 11.6 Å². The van der Waals surface area contributed by atoms with Crippen LogP contribution in [0.3, 0.4) is 0 Å². The van der Waals surface area contributed by atoms with Crippen LogP contribution in [0, 0.1) is 17.7 Å². The summed E-state index contributed by atoms with van der Waals surface area (Å²) in [6.07, 6.45) is 0.219. The molecule has 0 aromatic heterocycles. The van der Waals surface area contributed by atoms with E-state index in [2.05, 4.69) is 22.5 Å². The van der Waals surface area contributed by atoms with E-state index in [9.17, 15) is 18.8 Å². The second-order valence-electron chi connectivity index (χ2n) is 6.69. The summed E-state index contributed by atoms with van der Waals surface area (Å²) in [6.45, 7) is 0.541. The lowest BCUT2D eigenvalue weighted by Gasteiger charge is -2.14. The van der Waals surface area contributed by atoms with Crippen molar-refractivity contribution < 1.29 is 24.0 Å². The van der Waals surface area contributed by atoms with Crippen LogP contribution < -0.4 is 27.6 Å². The molecule has 0 radical (unpaired) electrons. The lowest BCUT2D eigenvalue weighted by atomic mass is 10.1. The van der Waals surface area contributed by atoms with Gasteiger partial charge in [-0.1, -0.05) is 24.0 Å². The molecule has 2 aromatic carbocycles. The number of halogens is 1. The molecule has 0 unspecified atom stereocenters. The van der Waals surface area contributed by atoms with Gasteiger partial charge in [0, 0.05) is 30.8 Å². The maximum atomic E-state index is 14.4. The summed E-state index contributed by atoms with van der Waals surface area (Å²) in [5.41, 5.74) is 13.6. The van der Waals surface area contributed by atoms with Gasteiger partial charge in [-0.15, -0.1) is 0 Å². The Morgan fingerprint density at radius 2 is 1.78 bits per heavy atom. The van der Waals surface area contributed by atoms with E-state index in [1.165, 1.54) is 17.6 Å². The highest BCUT2D eigenvalue weighted by atomic mass is 19.1. The molecule has 0 spiro atoms. The Morgan fingerprint density at radius 1 is 1.06 bits per heavy atom. The van der Waals surface area contributed by atoms with Crippen LogP contribution >= 0.6 is 0 Å². The molecule has 1 atom stereocenters. The van der Waals surface area contributed by atoms with E-state index in [1.54, 1.807) is 24.3 Å². The summed E-state index contributed by atoms with van der Waals surface area (Å²) in [6, 6.07) is 9.48. The smallest absolute Gasteiger partial charge is 0.267 e. The van der Waals surface area contributed by atoms with Crippen LogP contribution in [0.15, 0.2) is 42.5 Å². The van der Waals surface area contributed by atoms with E-state index in [1.807, 2.05) is 0 Å². The first-order chi connectivity index (χ1) is 15.4. The van der Waals surface area contributed by atoms with Gasteiger partial charge in [0.1, 0.15) is 11.9 Å². The van der Waals surface area contributed by atoms with Gasteiger partial charge in [0.2, 0.25) is 5.91 Å². The lowest BCUT2D eigenvalue weighted by molar-refractivity contribution is -0.130. The summed E-state index contributed by atoms with van der Waals surface area (Å²) in [5.74, 6) is 3.07. The maximum Gasteiger partial charge on any atom is 0.267 e. The van der Waals surface area contributed by atoms with Gasteiger partial charge in [0.25, 0.3) is 11.8 Å². The highest BCUT2D eigenvalue weighted by molar-refractivity contribution is 5.97. The first kappa shape index (κ1) is 24.5. The zero-order valence-electron chi connectivity index (χ0n) is 17.2. The van der Waals surface area contributed by atoms with E-state index in [0.29, 0.717) is 18.7 Å². The summed E-state index contributed by atoms with van der Waals surface area (Å²) in [4.78, 5) is 35.3. The van der Waals surface area contributed by atoms with Crippen molar-refractivity contribution in [1.29, 1.82) is 0 Å². The van der Waals surface area contributed by atoms with Crippen molar-refractivity contribution in [1.82, 2.24) is 16.1 Å². The van der Waals surface area contributed by atoms with Crippen LogP contribution in [0.25, 0.3) is 0 Å². The molecule has 0 fully saturated rings. The fourth-order valence-corrected chi connectivity index (χ4v) is 2.61. The van der Waals surface area contributed by atoms with Crippen molar-refractivity contribution in [3.63, 3.8) is 0 Å². The number of hydrogen-bond acceptors (Lipinski definition) is 6. The zero-order chi connectivity index (χ0) is 23.5. The number of hydrogen-bond donors (Lipinski definition) is 6. The SMILES string of the molecule is NCCNC(=O)Cc1ccc(C#Cc2ccc(C(=O)N[C@@H](CN)C(=O)NO)cc2F)cc1. The molecule has 0 saturated carbocycles. The average Bonchev–Trinajstić information content (AvgIpc) is 2.80. The number of rotatable bonds is 8. The standard InChI is InChI=1S/C22H24FN5O4/c23-18-12-17(21(30)27-19(13-25)22(31)28-32)8-7-16(18)6-5-14-1-3-15(4-2-14)11-20(29)26-10-9-24/h1-4,7-8,12,19,32H,9-11,13,24-25H2,(H,26,29)(H,27,30)(H,28,31)/t19-/m0/s1. The first-order valence-electron chi connectivity index (χ1n) is 9.70. The van der Waals surface area contributed by atoms with Gasteiger partial charge in [-0.05, 0) is 35.9 Å². The number of benzene rings is 2. The third-order valence-corrected chi connectivity index (χ3v) is 4.33. The number of hydroxylamine groups is 1. The third-order valence-electron chi connectivity index (χ3n) is 4.33. The minimum atomic E-state index is -1.16. The maximum absolute atomic E-state index is 14.4. The van der Waals surface area contributed by atoms with E-state index in [-0.39, 0.29) is 30.0 Å². The molecule has 2 rings (SSSR count). The van der Waals surface area contributed by atoms with Gasteiger partial charge in [0.15, 0.2) is 0 Å². The number of nitrogens with one attached hydrogen (secondary N) is 3. The number of nitrogens with two attached hydrogens (primary N) is 2. The fraction of sp³-hybridized carbons (Fsp3) is 0.227. The van der Waals surface area contributed by atoms with Crippen LogP contribution in [0.5, 0.6) is 0 Å². The summed E-state index contributed by atoms with van der Waals surface area (Å²) in [7, 11) is 0. The number of carbonyl (C=O) groups is 3. The van der Waals surface area contributed by atoms with Crippen molar-refractivity contribution in [2.45, 2.75) is 12.5 Å². The molecule has 168 valence electrons. The lowest BCUT2D eigenvalue weighted by Crippen LogP contribution is -2.50. The Bertz CT molecular complexity index is 1030. The fourth-order valence-electron chi connectivity index (χ4n) is 2.61. The molecule has 0 bridgehead atoms. The topological polar surface area (TPSA) is 160 Å². The summed E-state index contributed by atoms with van der Waals surface area (Å²) >= 11 is 0. The molecule has 10 heteroatoms. The quantitative estimate of drug-likeness (QED) is 0.182. The van der Waals surface area contributed by atoms with Crippen molar-refractivity contribution in [3.05, 3.63) is 70.5 Å². The Morgan fingerprint density at radius 3 is 2.38 bits per heavy atom. The molecular weight excluding hydrogens is 417 g/mol. The summed E-state index contributed by atoms with van der Waals surface area (Å²) in [5, 5.41) is 13.6. The van der Waals surface area contributed by atoms with Gasteiger partial charge in [-0.2, -0.15) is 0 Å². The van der Waals surface area contributed by atoms with Crippen LogP contribution in [0.2, 0.25) is 0 Å². The molecular formula is C22H24FN5O4. The molecule has 0 saturated heterocycles. The second-order valence-corrected chi connectivity index (χ2v) is 6.69. The third kappa shape index (κ3) is 7.17. The molecule has 0 heterocycles.